The summed E-state index contributed by atoms with van der Waals surface area (Å²) in [7, 11) is 0. The van der Waals surface area contributed by atoms with Gasteiger partial charge >= 0.3 is 0 Å². The van der Waals surface area contributed by atoms with Crippen molar-refractivity contribution in [1.82, 2.24) is 19.7 Å². The number of fused-ring (bicyclic) bond motifs is 1. The number of hydrogen-bond donors (Lipinski definition) is 1. The highest BCUT2D eigenvalue weighted by Crippen LogP contribution is 2.25. The molecule has 0 saturated heterocycles. The van der Waals surface area contributed by atoms with Crippen LogP contribution in [0, 0.1) is 0 Å². The van der Waals surface area contributed by atoms with Crippen molar-refractivity contribution in [1.29, 1.82) is 0 Å². The summed E-state index contributed by atoms with van der Waals surface area (Å²) in [6.07, 6.45) is 5.47. The van der Waals surface area contributed by atoms with E-state index in [1.807, 2.05) is 16.8 Å². The number of aromatic nitrogens is 4. The molecule has 0 aliphatic carbocycles. The Kier molecular flexibility index (Phi) is 2.25. The summed E-state index contributed by atoms with van der Waals surface area (Å²) >= 11 is 0. The Balaban J connectivity index is 1.83. The Labute approximate surface area is 109 Å². The van der Waals surface area contributed by atoms with E-state index in [4.69, 9.17) is 4.74 Å². The van der Waals surface area contributed by atoms with E-state index in [1.165, 1.54) is 11.1 Å². The molecule has 1 aromatic carbocycles. The zero-order chi connectivity index (χ0) is 12.7. The third kappa shape index (κ3) is 1.67. The average Bonchev–Trinajstić information content (AvgIpc) is 3.18. The number of H-pyrrole nitrogens is 1. The maximum Gasteiger partial charge on any atom is 0.162 e. The van der Waals surface area contributed by atoms with Gasteiger partial charge in [0.1, 0.15) is 5.69 Å². The van der Waals surface area contributed by atoms with Crippen molar-refractivity contribution in [2.45, 2.75) is 13.2 Å². The van der Waals surface area contributed by atoms with E-state index in [9.17, 15) is 0 Å². The van der Waals surface area contributed by atoms with Gasteiger partial charge in [0.15, 0.2) is 5.82 Å². The van der Waals surface area contributed by atoms with Crippen LogP contribution in [0.1, 0.15) is 11.1 Å². The van der Waals surface area contributed by atoms with Crippen molar-refractivity contribution in [3.05, 3.63) is 54.0 Å². The van der Waals surface area contributed by atoms with Crippen LogP contribution in [0.25, 0.3) is 17.2 Å². The number of nitrogens with one attached hydrogen (secondary N) is 1. The van der Waals surface area contributed by atoms with E-state index in [0.717, 1.165) is 17.2 Å². The first kappa shape index (κ1) is 10.5. The molecular weight excluding hydrogens is 240 g/mol. The quantitative estimate of drug-likeness (QED) is 0.761. The summed E-state index contributed by atoms with van der Waals surface area (Å²) in [5.74, 6) is 0.858. The van der Waals surface area contributed by atoms with Gasteiger partial charge in [0.2, 0.25) is 0 Å². The van der Waals surface area contributed by atoms with Crippen molar-refractivity contribution >= 4 is 0 Å². The molecule has 0 unspecified atom stereocenters. The third-order valence-electron chi connectivity index (χ3n) is 3.37. The number of aromatic amines is 1. The molecule has 4 rings (SSSR count). The molecule has 0 radical (unpaired) electrons. The monoisotopic (exact) mass is 252 g/mol. The van der Waals surface area contributed by atoms with Gasteiger partial charge in [0, 0.05) is 24.3 Å². The number of ether oxygens (including phenoxy) is 1. The number of nitrogens with zero attached hydrogens (tertiary/aromatic N) is 3. The van der Waals surface area contributed by atoms with E-state index < -0.39 is 0 Å². The lowest BCUT2D eigenvalue weighted by atomic mass is 10.1. The molecular formula is C14H12N4O. The van der Waals surface area contributed by atoms with Gasteiger partial charge in [0.25, 0.3) is 0 Å². The molecule has 5 nitrogen and oxygen atoms in total. The van der Waals surface area contributed by atoms with E-state index in [1.54, 1.807) is 12.4 Å². The molecule has 2 aromatic heterocycles. The SMILES string of the molecule is c1cc(-c2nccn2-c2ccc3c(c2)COC3)[nH]n1. The van der Waals surface area contributed by atoms with Gasteiger partial charge in [-0.05, 0) is 29.3 Å². The van der Waals surface area contributed by atoms with Crippen LogP contribution >= 0.6 is 0 Å². The lowest BCUT2D eigenvalue weighted by Gasteiger charge is -2.08. The standard InChI is InChI=1S/C14H12N4O/c1-2-12(7-11-9-19-8-10(1)11)18-6-5-15-14(18)13-3-4-16-17-13/h1-7H,8-9H2,(H,16,17). The summed E-state index contributed by atoms with van der Waals surface area (Å²) in [5.41, 5.74) is 4.52. The zero-order valence-corrected chi connectivity index (χ0v) is 10.2. The van der Waals surface area contributed by atoms with Gasteiger partial charge in [-0.3, -0.25) is 9.67 Å². The molecule has 1 aliphatic heterocycles. The van der Waals surface area contributed by atoms with Crippen LogP contribution in [0.2, 0.25) is 0 Å². The Hall–Kier alpha value is -2.40. The smallest absolute Gasteiger partial charge is 0.162 e. The van der Waals surface area contributed by atoms with Gasteiger partial charge in [0.05, 0.1) is 13.2 Å². The molecule has 1 N–H and O–H groups in total. The Morgan fingerprint density at radius 2 is 2.05 bits per heavy atom. The van der Waals surface area contributed by atoms with Gasteiger partial charge in [-0.2, -0.15) is 5.10 Å². The fourth-order valence-electron chi connectivity index (χ4n) is 2.40. The number of benzene rings is 1. The molecule has 1 aliphatic rings. The molecule has 0 saturated carbocycles. The van der Waals surface area contributed by atoms with Crippen LogP contribution in [0.4, 0.5) is 0 Å². The van der Waals surface area contributed by atoms with E-state index in [0.29, 0.717) is 13.2 Å². The molecule has 5 heteroatoms. The van der Waals surface area contributed by atoms with Crippen molar-refractivity contribution in [2.75, 3.05) is 0 Å². The van der Waals surface area contributed by atoms with E-state index >= 15 is 0 Å². The third-order valence-corrected chi connectivity index (χ3v) is 3.37. The second kappa shape index (κ2) is 4.07. The predicted octanol–water partition coefficient (Wildman–Crippen LogP) is 2.29. The molecule has 0 fully saturated rings. The van der Waals surface area contributed by atoms with Crippen LogP contribution in [-0.2, 0) is 18.0 Å². The Bertz CT molecular complexity index is 715. The molecule has 94 valence electrons. The fourth-order valence-corrected chi connectivity index (χ4v) is 2.40. The highest BCUT2D eigenvalue weighted by Gasteiger charge is 2.14. The molecule has 0 atom stereocenters. The Morgan fingerprint density at radius 1 is 1.11 bits per heavy atom. The molecule has 3 aromatic rings. The second-order valence-corrected chi connectivity index (χ2v) is 4.54. The van der Waals surface area contributed by atoms with Crippen molar-refractivity contribution in [3.63, 3.8) is 0 Å². The number of rotatable bonds is 2. The van der Waals surface area contributed by atoms with Gasteiger partial charge in [-0.1, -0.05) is 6.07 Å². The first-order chi connectivity index (χ1) is 9.42. The lowest BCUT2D eigenvalue weighted by molar-refractivity contribution is 0.134. The lowest BCUT2D eigenvalue weighted by Crippen LogP contribution is -1.98. The zero-order valence-electron chi connectivity index (χ0n) is 10.2. The molecule has 3 heterocycles. The minimum Gasteiger partial charge on any atom is -0.372 e. The van der Waals surface area contributed by atoms with Crippen molar-refractivity contribution in [3.8, 4) is 17.2 Å². The van der Waals surface area contributed by atoms with Crippen LogP contribution in [0.15, 0.2) is 42.9 Å². The summed E-state index contributed by atoms with van der Waals surface area (Å²) in [5, 5.41) is 6.92. The maximum atomic E-state index is 5.45. The fraction of sp³-hybridized carbons (Fsp3) is 0.143. The summed E-state index contributed by atoms with van der Waals surface area (Å²) < 4.78 is 7.50. The molecule has 0 amide bonds. The highest BCUT2D eigenvalue weighted by atomic mass is 16.5. The van der Waals surface area contributed by atoms with Crippen LogP contribution < -0.4 is 0 Å². The predicted molar refractivity (Wildman–Crippen MR) is 69.6 cm³/mol. The summed E-state index contributed by atoms with van der Waals surface area (Å²) in [4.78, 5) is 4.39. The first-order valence-corrected chi connectivity index (χ1v) is 6.15. The second-order valence-electron chi connectivity index (χ2n) is 4.54. The van der Waals surface area contributed by atoms with E-state index in [-0.39, 0.29) is 0 Å². The minimum absolute atomic E-state index is 0.692. The van der Waals surface area contributed by atoms with Crippen LogP contribution in [0.5, 0.6) is 0 Å². The van der Waals surface area contributed by atoms with Crippen molar-refractivity contribution < 1.29 is 4.74 Å². The maximum absolute atomic E-state index is 5.45. The van der Waals surface area contributed by atoms with Gasteiger partial charge in [-0.25, -0.2) is 4.98 Å². The van der Waals surface area contributed by atoms with Gasteiger partial charge < -0.3 is 4.74 Å². The number of hydrogen-bond acceptors (Lipinski definition) is 3. The Morgan fingerprint density at radius 3 is 2.95 bits per heavy atom. The van der Waals surface area contributed by atoms with Crippen LogP contribution in [0.3, 0.4) is 0 Å². The highest BCUT2D eigenvalue weighted by molar-refractivity contribution is 5.54. The largest absolute Gasteiger partial charge is 0.372 e. The van der Waals surface area contributed by atoms with Gasteiger partial charge in [-0.15, -0.1) is 0 Å². The summed E-state index contributed by atoms with van der Waals surface area (Å²) in [6, 6.07) is 8.28. The molecule has 0 spiro atoms. The normalized spacial score (nSPS) is 13.7. The first-order valence-electron chi connectivity index (χ1n) is 6.15. The number of imidazole rings is 1. The minimum atomic E-state index is 0.692. The van der Waals surface area contributed by atoms with Crippen LogP contribution in [-0.4, -0.2) is 19.7 Å². The molecule has 19 heavy (non-hydrogen) atoms. The van der Waals surface area contributed by atoms with E-state index in [2.05, 4.69) is 33.4 Å². The molecule has 0 bridgehead atoms. The average molecular weight is 252 g/mol. The van der Waals surface area contributed by atoms with Crippen molar-refractivity contribution in [2.24, 2.45) is 0 Å². The summed E-state index contributed by atoms with van der Waals surface area (Å²) in [6.45, 7) is 1.41. The topological polar surface area (TPSA) is 55.7 Å².